The van der Waals surface area contributed by atoms with E-state index in [0.29, 0.717) is 10.0 Å². The molecule has 2 N–H and O–H groups in total. The van der Waals surface area contributed by atoms with E-state index in [1.54, 1.807) is 12.1 Å². The summed E-state index contributed by atoms with van der Waals surface area (Å²) in [4.78, 5) is 11.0. The van der Waals surface area contributed by atoms with Crippen LogP contribution in [0.3, 0.4) is 0 Å². The molecule has 0 aromatic heterocycles. The molecule has 1 aromatic rings. The van der Waals surface area contributed by atoms with E-state index in [9.17, 15) is 9.18 Å². The van der Waals surface area contributed by atoms with E-state index in [2.05, 4.69) is 20.7 Å². The summed E-state index contributed by atoms with van der Waals surface area (Å²) >= 11 is 3.19. The van der Waals surface area contributed by atoms with Gasteiger partial charge in [0.05, 0.1) is 13.5 Å². The van der Waals surface area contributed by atoms with Crippen molar-refractivity contribution in [3.63, 3.8) is 0 Å². The molecular formula is C10H11BrFNO2. The lowest BCUT2D eigenvalue weighted by atomic mass is 10.0. The third-order valence-electron chi connectivity index (χ3n) is 1.98. The van der Waals surface area contributed by atoms with Gasteiger partial charge in [-0.1, -0.05) is 22.0 Å². The standard InChI is InChI=1S/C10H11BrFNO2/c1-15-9(14)5-8(13)10-6(11)3-2-4-7(10)12/h2-4,8H,5,13H2,1H3/t8-/m1/s1. The molecule has 0 unspecified atom stereocenters. The van der Waals surface area contributed by atoms with Crippen molar-refractivity contribution >= 4 is 21.9 Å². The molecule has 0 fully saturated rings. The summed E-state index contributed by atoms with van der Waals surface area (Å²) in [7, 11) is 1.27. The molecule has 0 heterocycles. The highest BCUT2D eigenvalue weighted by atomic mass is 79.9. The van der Waals surface area contributed by atoms with Gasteiger partial charge in [-0.05, 0) is 12.1 Å². The van der Waals surface area contributed by atoms with Crippen molar-refractivity contribution in [2.45, 2.75) is 12.5 Å². The fraction of sp³-hybridized carbons (Fsp3) is 0.300. The van der Waals surface area contributed by atoms with Crippen molar-refractivity contribution in [1.82, 2.24) is 0 Å². The van der Waals surface area contributed by atoms with Crippen molar-refractivity contribution in [3.8, 4) is 0 Å². The lowest BCUT2D eigenvalue weighted by Crippen LogP contribution is -2.18. The Morgan fingerprint density at radius 1 is 1.67 bits per heavy atom. The average Bonchev–Trinajstić information content (AvgIpc) is 2.17. The second-order valence-electron chi connectivity index (χ2n) is 3.02. The Labute approximate surface area is 95.5 Å². The summed E-state index contributed by atoms with van der Waals surface area (Å²) in [6.45, 7) is 0. The van der Waals surface area contributed by atoms with E-state index < -0.39 is 17.8 Å². The molecule has 0 aliphatic heterocycles. The van der Waals surface area contributed by atoms with Gasteiger partial charge in [-0.25, -0.2) is 4.39 Å². The largest absolute Gasteiger partial charge is 0.469 e. The SMILES string of the molecule is COC(=O)C[C@@H](N)c1c(F)cccc1Br. The lowest BCUT2D eigenvalue weighted by Gasteiger charge is -2.13. The summed E-state index contributed by atoms with van der Waals surface area (Å²) < 4.78 is 18.4. The Kier molecular flexibility index (Phi) is 4.23. The maximum Gasteiger partial charge on any atom is 0.307 e. The molecule has 0 bridgehead atoms. The number of methoxy groups -OCH3 is 1. The van der Waals surface area contributed by atoms with E-state index >= 15 is 0 Å². The molecule has 15 heavy (non-hydrogen) atoms. The maximum absolute atomic E-state index is 13.4. The second kappa shape index (κ2) is 5.23. The molecular weight excluding hydrogens is 265 g/mol. The summed E-state index contributed by atoms with van der Waals surface area (Å²) in [5.41, 5.74) is 6.00. The number of carbonyl (C=O) groups excluding carboxylic acids is 1. The first-order valence-corrected chi connectivity index (χ1v) is 5.12. The summed E-state index contributed by atoms with van der Waals surface area (Å²) in [5.74, 6) is -0.890. The van der Waals surface area contributed by atoms with Crippen LogP contribution in [0.15, 0.2) is 22.7 Å². The van der Waals surface area contributed by atoms with E-state index in [1.165, 1.54) is 13.2 Å². The third kappa shape index (κ3) is 3.00. The number of carbonyl (C=O) groups is 1. The zero-order chi connectivity index (χ0) is 11.4. The van der Waals surface area contributed by atoms with Gasteiger partial charge < -0.3 is 10.5 Å². The summed E-state index contributed by atoms with van der Waals surface area (Å²) in [6, 6.07) is 3.84. The molecule has 0 aliphatic carbocycles. The van der Waals surface area contributed by atoms with Crippen molar-refractivity contribution in [2.75, 3.05) is 7.11 Å². The topological polar surface area (TPSA) is 52.3 Å². The minimum Gasteiger partial charge on any atom is -0.469 e. The highest BCUT2D eigenvalue weighted by Gasteiger charge is 2.18. The van der Waals surface area contributed by atoms with E-state index in [-0.39, 0.29) is 6.42 Å². The van der Waals surface area contributed by atoms with Gasteiger partial charge in [0.1, 0.15) is 5.82 Å². The molecule has 82 valence electrons. The first-order valence-electron chi connectivity index (χ1n) is 4.32. The smallest absolute Gasteiger partial charge is 0.307 e. The minimum absolute atomic E-state index is 0.0456. The van der Waals surface area contributed by atoms with Crippen LogP contribution < -0.4 is 5.73 Å². The normalized spacial score (nSPS) is 12.3. The summed E-state index contributed by atoms with van der Waals surface area (Å²) in [5, 5.41) is 0. The molecule has 0 amide bonds. The van der Waals surface area contributed by atoms with Crippen LogP contribution in [0, 0.1) is 5.82 Å². The molecule has 0 spiro atoms. The fourth-order valence-electron chi connectivity index (χ4n) is 1.23. The van der Waals surface area contributed by atoms with Gasteiger partial charge in [0, 0.05) is 16.1 Å². The summed E-state index contributed by atoms with van der Waals surface area (Å²) in [6.07, 6.45) is -0.0456. The quantitative estimate of drug-likeness (QED) is 0.860. The Hall–Kier alpha value is -0.940. The van der Waals surface area contributed by atoms with Gasteiger partial charge in [0.25, 0.3) is 0 Å². The lowest BCUT2D eigenvalue weighted by molar-refractivity contribution is -0.141. The molecule has 1 aromatic carbocycles. The monoisotopic (exact) mass is 275 g/mol. The number of esters is 1. The molecule has 3 nitrogen and oxygen atoms in total. The van der Waals surface area contributed by atoms with Crippen LogP contribution in [-0.4, -0.2) is 13.1 Å². The van der Waals surface area contributed by atoms with Crippen molar-refractivity contribution in [1.29, 1.82) is 0 Å². The molecule has 0 saturated carbocycles. The van der Waals surface area contributed by atoms with Crippen LogP contribution in [0.5, 0.6) is 0 Å². The molecule has 0 saturated heterocycles. The number of rotatable bonds is 3. The van der Waals surface area contributed by atoms with Crippen LogP contribution in [0.4, 0.5) is 4.39 Å². The molecule has 1 rings (SSSR count). The molecule has 0 radical (unpaired) electrons. The Morgan fingerprint density at radius 3 is 2.87 bits per heavy atom. The van der Waals surface area contributed by atoms with Crippen LogP contribution in [0.2, 0.25) is 0 Å². The van der Waals surface area contributed by atoms with Crippen LogP contribution in [0.25, 0.3) is 0 Å². The Morgan fingerprint density at radius 2 is 2.33 bits per heavy atom. The van der Waals surface area contributed by atoms with Crippen molar-refractivity contribution in [2.24, 2.45) is 5.73 Å². The van der Waals surface area contributed by atoms with Crippen molar-refractivity contribution in [3.05, 3.63) is 34.1 Å². The van der Waals surface area contributed by atoms with Crippen LogP contribution in [-0.2, 0) is 9.53 Å². The van der Waals surface area contributed by atoms with Gasteiger partial charge in [0.15, 0.2) is 0 Å². The number of nitrogens with two attached hydrogens (primary N) is 1. The second-order valence-corrected chi connectivity index (χ2v) is 3.88. The number of halogens is 2. The zero-order valence-electron chi connectivity index (χ0n) is 8.17. The maximum atomic E-state index is 13.4. The predicted octanol–water partition coefficient (Wildman–Crippen LogP) is 2.15. The number of hydrogen-bond acceptors (Lipinski definition) is 3. The number of ether oxygens (including phenoxy) is 1. The molecule has 0 aliphatic rings. The van der Waals surface area contributed by atoms with Gasteiger partial charge in [-0.3, -0.25) is 4.79 Å². The molecule has 1 atom stereocenters. The van der Waals surface area contributed by atoms with Crippen LogP contribution >= 0.6 is 15.9 Å². The minimum atomic E-state index is -0.701. The van der Waals surface area contributed by atoms with Gasteiger partial charge in [-0.2, -0.15) is 0 Å². The average molecular weight is 276 g/mol. The Balaban J connectivity index is 2.90. The van der Waals surface area contributed by atoms with Gasteiger partial charge in [-0.15, -0.1) is 0 Å². The van der Waals surface area contributed by atoms with Crippen LogP contribution in [0.1, 0.15) is 18.0 Å². The molecule has 5 heteroatoms. The third-order valence-corrected chi connectivity index (χ3v) is 2.68. The van der Waals surface area contributed by atoms with Gasteiger partial charge >= 0.3 is 5.97 Å². The fourth-order valence-corrected chi connectivity index (χ4v) is 1.87. The van der Waals surface area contributed by atoms with Gasteiger partial charge in [0.2, 0.25) is 0 Å². The first-order chi connectivity index (χ1) is 7.06. The number of hydrogen-bond donors (Lipinski definition) is 1. The highest BCUT2D eigenvalue weighted by Crippen LogP contribution is 2.26. The zero-order valence-corrected chi connectivity index (χ0v) is 9.75. The predicted molar refractivity (Wildman–Crippen MR) is 57.7 cm³/mol. The first kappa shape index (κ1) is 12.1. The van der Waals surface area contributed by atoms with E-state index in [0.717, 1.165) is 0 Å². The van der Waals surface area contributed by atoms with Crippen molar-refractivity contribution < 1.29 is 13.9 Å². The van der Waals surface area contributed by atoms with E-state index in [4.69, 9.17) is 5.73 Å². The van der Waals surface area contributed by atoms with E-state index in [1.807, 2.05) is 0 Å². The Bertz CT molecular complexity index is 350. The number of benzene rings is 1. The highest BCUT2D eigenvalue weighted by molar-refractivity contribution is 9.10.